The van der Waals surface area contributed by atoms with Gasteiger partial charge in [0, 0.05) is 11.1 Å². The van der Waals surface area contributed by atoms with Crippen molar-refractivity contribution in [1.29, 1.82) is 0 Å². The summed E-state index contributed by atoms with van der Waals surface area (Å²) < 4.78 is 18.7. The number of carbonyl (C=O) groups excluding carboxylic acids is 2. The first-order valence-corrected chi connectivity index (χ1v) is 39.7. The molecular formula is C52H110O9Si4. The highest BCUT2D eigenvalue weighted by Crippen LogP contribution is 2.37. The fraction of sp³-hybridized carbons (Fsp3) is 0.962. The van der Waals surface area contributed by atoms with Crippen LogP contribution in [0.2, 0.25) is 75.5 Å². The Hall–Kier alpha value is -0.232. The van der Waals surface area contributed by atoms with E-state index in [2.05, 4.69) is 40.0 Å². The Bertz CT molecular complexity index is 1100. The minimum Gasteiger partial charge on any atom is -0.455 e. The average Bonchev–Trinajstić information content (AvgIpc) is 3.22. The Kier molecular flexibility index (Phi) is 36.5. The smallest absolute Gasteiger partial charge is 0.345 e. The first-order chi connectivity index (χ1) is 30.6. The lowest BCUT2D eigenvalue weighted by Crippen LogP contribution is -2.54. The van der Waals surface area contributed by atoms with Crippen molar-refractivity contribution in [3.63, 3.8) is 0 Å². The number of rotatable bonds is 44. The van der Waals surface area contributed by atoms with Crippen molar-refractivity contribution >= 4 is 45.2 Å². The standard InChI is InChI=1S/C52H110O9Si4/c1-13-17-19-21-23-25-27-29-31-33-35-37-39-41-43-62(5,6)60-64(9,10)45(15-3)47(53)49(55)51(57)59-52(58)50(56)48(54)46(16-4)65(11,12)61-63(7,8)44-42-40-38-36-34-32-30-28-26-24-22-20-18-14-2/h45-50,53-56H,13-44H2,1-12H3. The normalized spacial score (nSPS) is 15.7. The highest BCUT2D eigenvalue weighted by molar-refractivity contribution is 6.86. The van der Waals surface area contributed by atoms with Crippen LogP contribution in [-0.4, -0.2) is 90.1 Å². The van der Waals surface area contributed by atoms with Gasteiger partial charge in [-0.05, 0) is 64.5 Å². The summed E-state index contributed by atoms with van der Waals surface area (Å²) in [6.45, 7) is 25.3. The number of aliphatic hydroxyl groups excluding tert-OH is 4. The van der Waals surface area contributed by atoms with Crippen molar-refractivity contribution in [2.75, 3.05) is 0 Å². The molecular weight excluding hydrogens is 881 g/mol. The third-order valence-electron chi connectivity index (χ3n) is 14.2. The molecule has 0 spiro atoms. The van der Waals surface area contributed by atoms with E-state index in [9.17, 15) is 30.0 Å². The van der Waals surface area contributed by atoms with Crippen LogP contribution in [0, 0.1) is 0 Å². The number of carbonyl (C=O) groups is 2. The first-order valence-electron chi connectivity index (χ1n) is 27.5. The SMILES string of the molecule is CCCCCCCCCCCCCCCC[Si](C)(C)O[Si](C)(C)C(CC)C(O)C(O)C(=O)OC(=O)C(O)C(O)C(CC)[Si](C)(C)O[Si](C)(C)CCCCCCCCCCCCCCCC. The van der Waals surface area contributed by atoms with Crippen molar-refractivity contribution in [3.05, 3.63) is 0 Å². The molecule has 0 saturated carbocycles. The molecule has 0 aromatic rings. The van der Waals surface area contributed by atoms with Crippen molar-refractivity contribution < 1.29 is 43.0 Å². The molecule has 6 atom stereocenters. The monoisotopic (exact) mass is 991 g/mol. The summed E-state index contributed by atoms with van der Waals surface area (Å²) in [7, 11) is -9.53. The van der Waals surface area contributed by atoms with Gasteiger partial charge in [-0.1, -0.05) is 220 Å². The third-order valence-corrected chi connectivity index (χ3v) is 31.0. The molecule has 0 aromatic heterocycles. The summed E-state index contributed by atoms with van der Waals surface area (Å²) in [4.78, 5) is 26.3. The van der Waals surface area contributed by atoms with Gasteiger partial charge < -0.3 is 33.4 Å². The molecule has 0 heterocycles. The second kappa shape index (κ2) is 36.7. The maximum absolute atomic E-state index is 13.1. The first kappa shape index (κ1) is 64.8. The maximum atomic E-state index is 13.1. The number of hydrogen-bond acceptors (Lipinski definition) is 9. The van der Waals surface area contributed by atoms with Crippen LogP contribution in [0.3, 0.4) is 0 Å². The Morgan fingerprint density at radius 3 is 0.800 bits per heavy atom. The maximum Gasteiger partial charge on any atom is 0.345 e. The molecule has 13 heteroatoms. The van der Waals surface area contributed by atoms with E-state index in [1.807, 2.05) is 40.0 Å². The van der Waals surface area contributed by atoms with Crippen LogP contribution in [-0.2, 0) is 22.6 Å². The Morgan fingerprint density at radius 2 is 0.585 bits per heavy atom. The van der Waals surface area contributed by atoms with E-state index in [0.29, 0.717) is 12.8 Å². The lowest BCUT2D eigenvalue weighted by molar-refractivity contribution is -0.178. The second-order valence-corrected chi connectivity index (χ2v) is 39.8. The van der Waals surface area contributed by atoms with Crippen LogP contribution < -0.4 is 0 Å². The van der Waals surface area contributed by atoms with Crippen LogP contribution in [0.4, 0.5) is 0 Å². The molecule has 65 heavy (non-hydrogen) atoms. The quantitative estimate of drug-likeness (QED) is 0.0203. The highest BCUT2D eigenvalue weighted by atomic mass is 28.4. The summed E-state index contributed by atoms with van der Waals surface area (Å²) in [6.07, 6.45) is 30.8. The molecule has 0 amide bonds. The third kappa shape index (κ3) is 30.2. The number of unbranched alkanes of at least 4 members (excludes halogenated alkanes) is 26. The molecule has 0 aromatic carbocycles. The summed E-state index contributed by atoms with van der Waals surface area (Å²) in [5.74, 6) is -2.67. The molecule has 0 radical (unpaired) electrons. The zero-order valence-corrected chi connectivity index (χ0v) is 48.9. The van der Waals surface area contributed by atoms with Gasteiger partial charge in [0.1, 0.15) is 0 Å². The van der Waals surface area contributed by atoms with E-state index in [-0.39, 0.29) is 0 Å². The van der Waals surface area contributed by atoms with Crippen LogP contribution in [0.5, 0.6) is 0 Å². The average molecular weight is 992 g/mol. The highest BCUT2D eigenvalue weighted by Gasteiger charge is 2.48. The molecule has 0 aliphatic carbocycles. The van der Waals surface area contributed by atoms with Gasteiger partial charge in [-0.15, -0.1) is 0 Å². The fourth-order valence-electron chi connectivity index (χ4n) is 10.4. The van der Waals surface area contributed by atoms with E-state index in [1.165, 1.54) is 167 Å². The summed E-state index contributed by atoms with van der Waals surface area (Å²) in [5, 5.41) is 44.8. The predicted octanol–water partition coefficient (Wildman–Crippen LogP) is 14.9. The number of aliphatic hydroxyl groups is 4. The number of esters is 2. The molecule has 0 rings (SSSR count). The zero-order chi connectivity index (χ0) is 49.4. The van der Waals surface area contributed by atoms with Gasteiger partial charge >= 0.3 is 11.9 Å². The van der Waals surface area contributed by atoms with E-state index in [0.717, 1.165) is 24.9 Å². The summed E-state index contributed by atoms with van der Waals surface area (Å²) >= 11 is 0. The molecule has 9 nitrogen and oxygen atoms in total. The van der Waals surface area contributed by atoms with Gasteiger partial charge in [0.15, 0.2) is 45.5 Å². The minimum atomic E-state index is -2.65. The number of hydrogen-bond donors (Lipinski definition) is 4. The second-order valence-electron chi connectivity index (χ2n) is 22.3. The summed E-state index contributed by atoms with van der Waals surface area (Å²) in [5.41, 5.74) is -0.992. The van der Waals surface area contributed by atoms with Gasteiger partial charge in [0.2, 0.25) is 0 Å². The molecule has 0 aliphatic rings. The minimum absolute atomic E-state index is 0.473. The van der Waals surface area contributed by atoms with Gasteiger partial charge in [0.25, 0.3) is 0 Å². The molecule has 0 aliphatic heterocycles. The van der Waals surface area contributed by atoms with Crippen LogP contribution in [0.1, 0.15) is 220 Å². The summed E-state index contributed by atoms with van der Waals surface area (Å²) in [6, 6.07) is 2.02. The van der Waals surface area contributed by atoms with Gasteiger partial charge in [-0.2, -0.15) is 0 Å². The van der Waals surface area contributed by atoms with Crippen molar-refractivity contribution in [2.24, 2.45) is 0 Å². The molecule has 6 unspecified atom stereocenters. The van der Waals surface area contributed by atoms with E-state index in [1.54, 1.807) is 0 Å². The largest absolute Gasteiger partial charge is 0.455 e. The molecule has 0 saturated heterocycles. The lowest BCUT2D eigenvalue weighted by atomic mass is 10.0. The van der Waals surface area contributed by atoms with E-state index < -0.39 is 80.7 Å². The van der Waals surface area contributed by atoms with Crippen LogP contribution >= 0.6 is 0 Å². The predicted molar refractivity (Wildman–Crippen MR) is 286 cm³/mol. The number of ether oxygens (including phenoxy) is 1. The Labute approximate surface area is 406 Å². The topological polar surface area (TPSA) is 143 Å². The van der Waals surface area contributed by atoms with Gasteiger partial charge in [-0.3, -0.25) is 0 Å². The van der Waals surface area contributed by atoms with Gasteiger partial charge in [-0.25, -0.2) is 9.59 Å². The van der Waals surface area contributed by atoms with Crippen molar-refractivity contribution in [2.45, 2.75) is 320 Å². The van der Waals surface area contributed by atoms with Gasteiger partial charge in [0.05, 0.1) is 12.2 Å². The lowest BCUT2D eigenvalue weighted by Gasteiger charge is -2.41. The molecule has 0 fully saturated rings. The van der Waals surface area contributed by atoms with Crippen molar-refractivity contribution in [1.82, 2.24) is 0 Å². The van der Waals surface area contributed by atoms with E-state index >= 15 is 0 Å². The van der Waals surface area contributed by atoms with E-state index in [4.69, 9.17) is 13.0 Å². The van der Waals surface area contributed by atoms with Crippen LogP contribution in [0.15, 0.2) is 0 Å². The fourth-order valence-corrected chi connectivity index (χ4v) is 30.0. The van der Waals surface area contributed by atoms with Crippen molar-refractivity contribution in [3.8, 4) is 0 Å². The molecule has 388 valence electrons. The Balaban J connectivity index is 4.88. The molecule has 0 bridgehead atoms. The molecule has 4 N–H and O–H groups in total. The van der Waals surface area contributed by atoms with Crippen LogP contribution in [0.25, 0.3) is 0 Å². The Morgan fingerprint density at radius 1 is 0.369 bits per heavy atom. The zero-order valence-electron chi connectivity index (χ0n) is 44.9.